The van der Waals surface area contributed by atoms with Gasteiger partial charge in [-0.25, -0.2) is 4.98 Å². The summed E-state index contributed by atoms with van der Waals surface area (Å²) in [5.74, 6) is 2.12. The van der Waals surface area contributed by atoms with E-state index in [0.717, 1.165) is 30.3 Å². The van der Waals surface area contributed by atoms with Gasteiger partial charge in [-0.15, -0.1) is 0 Å². The molecular formula is C18H23N3O3. The summed E-state index contributed by atoms with van der Waals surface area (Å²) in [6.45, 7) is 3.76. The number of methoxy groups -OCH3 is 1. The Morgan fingerprint density at radius 1 is 1.08 bits per heavy atom. The van der Waals surface area contributed by atoms with E-state index in [1.807, 2.05) is 24.3 Å². The summed E-state index contributed by atoms with van der Waals surface area (Å²) in [5, 5.41) is 5.97. The predicted octanol–water partition coefficient (Wildman–Crippen LogP) is 2.72. The molecule has 0 saturated carbocycles. The van der Waals surface area contributed by atoms with Crippen LogP contribution in [-0.4, -0.2) is 37.7 Å². The third kappa shape index (κ3) is 5.46. The average Bonchev–Trinajstić information content (AvgIpc) is 2.64. The van der Waals surface area contributed by atoms with Crippen molar-refractivity contribution in [3.63, 3.8) is 0 Å². The van der Waals surface area contributed by atoms with Crippen molar-refractivity contribution < 1.29 is 14.3 Å². The first-order valence-corrected chi connectivity index (χ1v) is 7.98. The number of nitrogens with zero attached hydrogens (tertiary/aromatic N) is 1. The third-order valence-electron chi connectivity index (χ3n) is 3.30. The van der Waals surface area contributed by atoms with Crippen LogP contribution in [0.15, 0.2) is 42.6 Å². The number of benzene rings is 1. The number of pyridine rings is 1. The van der Waals surface area contributed by atoms with Crippen LogP contribution < -0.4 is 20.1 Å². The van der Waals surface area contributed by atoms with E-state index in [4.69, 9.17) is 9.47 Å². The Morgan fingerprint density at radius 3 is 2.46 bits per heavy atom. The van der Waals surface area contributed by atoms with Gasteiger partial charge in [0.15, 0.2) is 0 Å². The fraction of sp³-hybridized carbons (Fsp3) is 0.333. The zero-order chi connectivity index (χ0) is 17.2. The second-order valence-corrected chi connectivity index (χ2v) is 5.14. The van der Waals surface area contributed by atoms with Gasteiger partial charge in [0.05, 0.1) is 19.2 Å². The first kappa shape index (κ1) is 17.6. The summed E-state index contributed by atoms with van der Waals surface area (Å²) in [6, 6.07) is 10.9. The fourth-order valence-corrected chi connectivity index (χ4v) is 1.99. The molecule has 2 rings (SSSR count). The summed E-state index contributed by atoms with van der Waals surface area (Å²) < 4.78 is 10.6. The van der Waals surface area contributed by atoms with Crippen LogP contribution in [0.5, 0.6) is 11.5 Å². The molecule has 0 spiro atoms. The molecule has 0 bridgehead atoms. The Bertz CT molecular complexity index is 627. The van der Waals surface area contributed by atoms with Crippen molar-refractivity contribution in [2.45, 2.75) is 13.3 Å². The van der Waals surface area contributed by atoms with E-state index >= 15 is 0 Å². The molecule has 24 heavy (non-hydrogen) atoms. The number of hydrogen-bond acceptors (Lipinski definition) is 5. The topological polar surface area (TPSA) is 72.5 Å². The highest BCUT2D eigenvalue weighted by atomic mass is 16.5. The molecule has 6 heteroatoms. The molecule has 1 aromatic heterocycles. The van der Waals surface area contributed by atoms with E-state index in [2.05, 4.69) is 22.5 Å². The van der Waals surface area contributed by atoms with Crippen molar-refractivity contribution in [2.75, 3.05) is 32.1 Å². The highest BCUT2D eigenvalue weighted by Gasteiger charge is 2.05. The number of carbonyl (C=O) groups excluding carboxylic acids is 1. The molecule has 0 atom stereocenters. The van der Waals surface area contributed by atoms with Crippen LogP contribution >= 0.6 is 0 Å². The molecule has 2 aromatic rings. The molecule has 1 aromatic carbocycles. The number of aromatic nitrogens is 1. The van der Waals surface area contributed by atoms with Gasteiger partial charge in [0.1, 0.15) is 23.9 Å². The molecular weight excluding hydrogens is 306 g/mol. The second-order valence-electron chi connectivity index (χ2n) is 5.14. The summed E-state index contributed by atoms with van der Waals surface area (Å²) in [7, 11) is 1.62. The number of nitrogens with one attached hydrogen (secondary N) is 2. The minimum Gasteiger partial charge on any atom is -0.497 e. The van der Waals surface area contributed by atoms with Crippen LogP contribution in [0.3, 0.4) is 0 Å². The van der Waals surface area contributed by atoms with Gasteiger partial charge in [-0.2, -0.15) is 0 Å². The van der Waals surface area contributed by atoms with Crippen LogP contribution in [0, 0.1) is 0 Å². The van der Waals surface area contributed by atoms with E-state index in [-0.39, 0.29) is 5.91 Å². The van der Waals surface area contributed by atoms with Gasteiger partial charge in [-0.3, -0.25) is 4.79 Å². The first-order chi connectivity index (χ1) is 11.7. The van der Waals surface area contributed by atoms with Crippen molar-refractivity contribution in [1.29, 1.82) is 0 Å². The highest BCUT2D eigenvalue weighted by Crippen LogP contribution is 2.16. The Balaban J connectivity index is 1.72. The largest absolute Gasteiger partial charge is 0.497 e. The Morgan fingerprint density at radius 2 is 1.83 bits per heavy atom. The van der Waals surface area contributed by atoms with Crippen LogP contribution in [0.25, 0.3) is 0 Å². The molecule has 128 valence electrons. The van der Waals surface area contributed by atoms with Gasteiger partial charge in [-0.05, 0) is 42.8 Å². The molecule has 0 aliphatic heterocycles. The SMILES string of the molecule is CCCNc1ccc(C(=O)NCCOc2ccc(OC)cc2)cn1. The molecule has 0 aliphatic rings. The van der Waals surface area contributed by atoms with Crippen LogP contribution in [0.2, 0.25) is 0 Å². The smallest absolute Gasteiger partial charge is 0.252 e. The van der Waals surface area contributed by atoms with Crippen LogP contribution in [0.1, 0.15) is 23.7 Å². The quantitative estimate of drug-likeness (QED) is 0.692. The normalized spacial score (nSPS) is 10.1. The zero-order valence-corrected chi connectivity index (χ0v) is 14.0. The van der Waals surface area contributed by atoms with Gasteiger partial charge < -0.3 is 20.1 Å². The summed E-state index contributed by atoms with van der Waals surface area (Å²) >= 11 is 0. The van der Waals surface area contributed by atoms with Crippen LogP contribution in [0.4, 0.5) is 5.82 Å². The minimum atomic E-state index is -0.164. The molecule has 0 fully saturated rings. The van der Waals surface area contributed by atoms with Gasteiger partial charge in [-0.1, -0.05) is 6.92 Å². The van der Waals surface area contributed by atoms with Crippen LogP contribution in [-0.2, 0) is 0 Å². The maximum Gasteiger partial charge on any atom is 0.252 e. The molecule has 6 nitrogen and oxygen atoms in total. The number of amides is 1. The number of anilines is 1. The Labute approximate surface area is 142 Å². The van der Waals surface area contributed by atoms with Gasteiger partial charge in [0.2, 0.25) is 0 Å². The Kier molecular flexibility index (Phi) is 6.89. The van der Waals surface area contributed by atoms with Gasteiger partial charge >= 0.3 is 0 Å². The minimum absolute atomic E-state index is 0.164. The van der Waals surface area contributed by atoms with Crippen molar-refractivity contribution in [3.8, 4) is 11.5 Å². The number of hydrogen-bond donors (Lipinski definition) is 2. The molecule has 0 radical (unpaired) electrons. The van der Waals surface area contributed by atoms with Gasteiger partial charge in [0, 0.05) is 12.7 Å². The molecule has 2 N–H and O–H groups in total. The fourth-order valence-electron chi connectivity index (χ4n) is 1.99. The van der Waals surface area contributed by atoms with E-state index < -0.39 is 0 Å². The number of carbonyl (C=O) groups is 1. The molecule has 0 saturated heterocycles. The molecule has 1 amide bonds. The Hall–Kier alpha value is -2.76. The van der Waals surface area contributed by atoms with E-state index in [1.165, 1.54) is 0 Å². The lowest BCUT2D eigenvalue weighted by molar-refractivity contribution is 0.0946. The zero-order valence-electron chi connectivity index (χ0n) is 14.0. The maximum absolute atomic E-state index is 12.0. The predicted molar refractivity (Wildman–Crippen MR) is 93.8 cm³/mol. The maximum atomic E-state index is 12.0. The highest BCUT2D eigenvalue weighted by molar-refractivity contribution is 5.94. The van der Waals surface area contributed by atoms with Crippen molar-refractivity contribution in [1.82, 2.24) is 10.3 Å². The van der Waals surface area contributed by atoms with Crippen molar-refractivity contribution in [2.24, 2.45) is 0 Å². The van der Waals surface area contributed by atoms with Gasteiger partial charge in [0.25, 0.3) is 5.91 Å². The standard InChI is InChI=1S/C18H23N3O3/c1-3-10-19-17-9-4-14(13-21-17)18(22)20-11-12-24-16-7-5-15(23-2)6-8-16/h4-9,13H,3,10-12H2,1-2H3,(H,19,21)(H,20,22). The van der Waals surface area contributed by atoms with E-state index in [9.17, 15) is 4.79 Å². The van der Waals surface area contributed by atoms with Crippen molar-refractivity contribution in [3.05, 3.63) is 48.2 Å². The lowest BCUT2D eigenvalue weighted by atomic mass is 10.2. The summed E-state index contributed by atoms with van der Waals surface area (Å²) in [4.78, 5) is 16.2. The molecule has 0 aliphatic carbocycles. The number of rotatable bonds is 9. The summed E-state index contributed by atoms with van der Waals surface area (Å²) in [5.41, 5.74) is 0.529. The average molecular weight is 329 g/mol. The lowest BCUT2D eigenvalue weighted by Crippen LogP contribution is -2.28. The molecule has 0 unspecified atom stereocenters. The lowest BCUT2D eigenvalue weighted by Gasteiger charge is -2.09. The van der Waals surface area contributed by atoms with Crippen molar-refractivity contribution >= 4 is 11.7 Å². The number of ether oxygens (including phenoxy) is 2. The van der Waals surface area contributed by atoms with E-state index in [0.29, 0.717) is 18.7 Å². The monoisotopic (exact) mass is 329 g/mol. The first-order valence-electron chi connectivity index (χ1n) is 7.98. The van der Waals surface area contributed by atoms with E-state index in [1.54, 1.807) is 25.4 Å². The second kappa shape index (κ2) is 9.39. The summed E-state index contributed by atoms with van der Waals surface area (Å²) in [6.07, 6.45) is 2.59. The third-order valence-corrected chi connectivity index (χ3v) is 3.30. The molecule has 1 heterocycles.